The second kappa shape index (κ2) is 8.51. The fourth-order valence-corrected chi connectivity index (χ4v) is 0.738. The van der Waals surface area contributed by atoms with Crippen LogP contribution < -0.4 is 0 Å². The number of carbonyl (C=O) groups is 3. The second-order valence-corrected chi connectivity index (χ2v) is 3.41. The molecule has 0 aliphatic heterocycles. The Balaban J connectivity index is 0. The van der Waals surface area contributed by atoms with Crippen molar-refractivity contribution in [3.8, 4) is 0 Å². The van der Waals surface area contributed by atoms with Crippen molar-refractivity contribution in [1.82, 2.24) is 0 Å². The Kier molecular flexibility index (Phi) is 8.85. The number of carboxylic acid groups (broad SMARTS) is 2. The van der Waals surface area contributed by atoms with Gasteiger partial charge in [-0.3, -0.25) is 4.79 Å². The summed E-state index contributed by atoms with van der Waals surface area (Å²) in [4.78, 5) is 35.7. The van der Waals surface area contributed by atoms with Crippen molar-refractivity contribution in [3.05, 3.63) is 0 Å². The first-order valence-electron chi connectivity index (χ1n) is 4.52. The van der Waals surface area contributed by atoms with Crippen molar-refractivity contribution in [3.63, 3.8) is 0 Å². The minimum atomic E-state index is -1.80. The number of Topliss-reactive ketones (excluding diaryl/α,β-unsaturated/α-hetero) is 1. The van der Waals surface area contributed by atoms with Crippen LogP contribution in [0.15, 0.2) is 0 Å². The Morgan fingerprint density at radius 2 is 1.06 bits per heavy atom. The van der Waals surface area contributed by atoms with Crippen LogP contribution in [-0.4, -0.2) is 28.3 Å². The summed E-state index contributed by atoms with van der Waals surface area (Å²) in [7, 11) is 0. The van der Waals surface area contributed by atoms with Gasteiger partial charge < -0.3 is 10.2 Å². The van der Waals surface area contributed by atoms with Crippen LogP contribution in [0.4, 0.5) is 9.59 Å². The molecule has 0 atom stereocenters. The summed E-state index contributed by atoms with van der Waals surface area (Å²) in [5.74, 6) is 0.759. The Hall–Kier alpha value is -1.79. The molecule has 0 bridgehead atoms. The van der Waals surface area contributed by atoms with E-state index in [0.717, 1.165) is 0 Å². The van der Waals surface area contributed by atoms with Crippen LogP contribution in [0, 0.1) is 11.8 Å². The number of carbonyl (C=O) groups excluding carboxylic acids is 1. The molecule has 0 aromatic rings. The van der Waals surface area contributed by atoms with Gasteiger partial charge in [-0.2, -0.15) is 0 Å². The van der Waals surface area contributed by atoms with Gasteiger partial charge >= 0.3 is 12.3 Å². The minimum Gasteiger partial charge on any atom is -0.447 e. The molecule has 16 heavy (non-hydrogen) atoms. The Morgan fingerprint density at radius 1 is 0.812 bits per heavy atom. The van der Waals surface area contributed by atoms with Crippen LogP contribution in [0.2, 0.25) is 0 Å². The summed E-state index contributed by atoms with van der Waals surface area (Å²) in [6, 6.07) is 0. The normalized spacial score (nSPS) is 9.12. The van der Waals surface area contributed by atoms with Crippen molar-refractivity contribution in [2.45, 2.75) is 27.7 Å². The van der Waals surface area contributed by atoms with E-state index in [0.29, 0.717) is 5.78 Å². The summed E-state index contributed by atoms with van der Waals surface area (Å²) in [5.41, 5.74) is 0. The van der Waals surface area contributed by atoms with Crippen molar-refractivity contribution in [2.24, 2.45) is 11.8 Å². The predicted octanol–water partition coefficient (Wildman–Crippen LogP) is 2.16. The molecular formula is C9H16O7. The van der Waals surface area contributed by atoms with E-state index in [9.17, 15) is 14.4 Å². The molecule has 7 heteroatoms. The third kappa shape index (κ3) is 12.2. The molecule has 0 fully saturated rings. The molecule has 0 spiro atoms. The van der Waals surface area contributed by atoms with Crippen LogP contribution in [0.1, 0.15) is 27.7 Å². The zero-order valence-electron chi connectivity index (χ0n) is 9.59. The molecule has 0 saturated carbocycles. The lowest BCUT2D eigenvalue weighted by Crippen LogP contribution is -2.13. The van der Waals surface area contributed by atoms with E-state index in [1.54, 1.807) is 0 Å². The molecule has 0 aliphatic carbocycles. The van der Waals surface area contributed by atoms with E-state index < -0.39 is 12.3 Å². The van der Waals surface area contributed by atoms with Crippen molar-refractivity contribution in [1.29, 1.82) is 0 Å². The highest BCUT2D eigenvalue weighted by atomic mass is 17.2. The van der Waals surface area contributed by atoms with E-state index >= 15 is 0 Å². The predicted molar refractivity (Wildman–Crippen MR) is 52.9 cm³/mol. The van der Waals surface area contributed by atoms with Crippen molar-refractivity contribution >= 4 is 18.1 Å². The lowest BCUT2D eigenvalue weighted by atomic mass is 9.99. The van der Waals surface area contributed by atoms with Gasteiger partial charge in [0.2, 0.25) is 0 Å². The maximum atomic E-state index is 10.8. The summed E-state index contributed by atoms with van der Waals surface area (Å²) < 4.78 is 0. The van der Waals surface area contributed by atoms with Gasteiger partial charge in [0, 0.05) is 11.8 Å². The highest BCUT2D eigenvalue weighted by Gasteiger charge is 2.09. The third-order valence-corrected chi connectivity index (χ3v) is 1.32. The smallest absolute Gasteiger partial charge is 0.447 e. The highest BCUT2D eigenvalue weighted by Crippen LogP contribution is 2.03. The topological polar surface area (TPSA) is 110 Å². The van der Waals surface area contributed by atoms with Crippen LogP contribution >= 0.6 is 0 Å². The van der Waals surface area contributed by atoms with Gasteiger partial charge in [-0.25, -0.2) is 19.4 Å². The molecule has 0 aliphatic rings. The first kappa shape index (κ1) is 16.6. The molecule has 94 valence electrons. The van der Waals surface area contributed by atoms with Gasteiger partial charge in [-0.1, -0.05) is 27.7 Å². The molecule has 2 N–H and O–H groups in total. The average molecular weight is 236 g/mol. The van der Waals surface area contributed by atoms with Crippen molar-refractivity contribution < 1.29 is 34.4 Å². The Morgan fingerprint density at radius 3 is 1.12 bits per heavy atom. The molecule has 0 aromatic carbocycles. The van der Waals surface area contributed by atoms with Gasteiger partial charge in [-0.05, 0) is 0 Å². The van der Waals surface area contributed by atoms with E-state index in [1.807, 2.05) is 27.7 Å². The maximum Gasteiger partial charge on any atom is 0.547 e. The second-order valence-electron chi connectivity index (χ2n) is 3.41. The minimum absolute atomic E-state index is 0.204. The lowest BCUT2D eigenvalue weighted by Gasteiger charge is -2.05. The number of rotatable bonds is 2. The van der Waals surface area contributed by atoms with Gasteiger partial charge in [0.1, 0.15) is 5.78 Å². The summed E-state index contributed by atoms with van der Waals surface area (Å²) >= 11 is 0. The van der Waals surface area contributed by atoms with Gasteiger partial charge in [-0.15, -0.1) is 0 Å². The molecule has 0 unspecified atom stereocenters. The fraction of sp³-hybridized carbons (Fsp3) is 0.667. The average Bonchev–Trinajstić information content (AvgIpc) is 2.14. The summed E-state index contributed by atoms with van der Waals surface area (Å²) in [6.07, 6.45) is -3.60. The molecule has 0 rings (SSSR count). The van der Waals surface area contributed by atoms with E-state index in [4.69, 9.17) is 10.2 Å². The molecular weight excluding hydrogens is 220 g/mol. The van der Waals surface area contributed by atoms with E-state index in [2.05, 4.69) is 9.78 Å². The molecule has 0 aromatic heterocycles. The molecule has 0 saturated heterocycles. The Bertz CT molecular complexity index is 220. The molecule has 7 nitrogen and oxygen atoms in total. The number of ketones is 1. The fourth-order valence-electron chi connectivity index (χ4n) is 0.738. The molecule has 0 heterocycles. The van der Waals surface area contributed by atoms with Crippen LogP contribution in [0.25, 0.3) is 0 Å². The zero-order chi connectivity index (χ0) is 13.3. The molecule has 0 amide bonds. The van der Waals surface area contributed by atoms with Gasteiger partial charge in [0.15, 0.2) is 0 Å². The van der Waals surface area contributed by atoms with Gasteiger partial charge in [0.25, 0.3) is 0 Å². The molecule has 0 radical (unpaired) electrons. The first-order chi connectivity index (χ1) is 7.18. The van der Waals surface area contributed by atoms with E-state index in [1.165, 1.54) is 0 Å². The van der Waals surface area contributed by atoms with Crippen molar-refractivity contribution in [2.75, 3.05) is 0 Å². The SMILES string of the molecule is CC(C)C(=O)C(C)C.O=C(O)OOC(=O)O. The number of hydrogen-bond donors (Lipinski definition) is 2. The van der Waals surface area contributed by atoms with Crippen LogP contribution in [0.5, 0.6) is 0 Å². The van der Waals surface area contributed by atoms with Gasteiger partial charge in [0.05, 0.1) is 0 Å². The standard InChI is InChI=1S/C7H14O.C2H2O6/c1-5(2)7(8)6(3)4;3-1(4)7-8-2(5)6/h5-6H,1-4H3;(H,3,4)(H,5,6). The largest absolute Gasteiger partial charge is 0.547 e. The first-order valence-corrected chi connectivity index (χ1v) is 4.52. The Labute approximate surface area is 92.9 Å². The van der Waals surface area contributed by atoms with Crippen LogP contribution in [-0.2, 0) is 14.6 Å². The zero-order valence-corrected chi connectivity index (χ0v) is 9.59. The number of hydrogen-bond acceptors (Lipinski definition) is 5. The maximum absolute atomic E-state index is 10.8. The summed E-state index contributed by atoms with van der Waals surface area (Å²) in [5, 5.41) is 15.1. The highest BCUT2D eigenvalue weighted by molar-refractivity contribution is 5.81. The van der Waals surface area contributed by atoms with E-state index in [-0.39, 0.29) is 11.8 Å². The summed E-state index contributed by atoms with van der Waals surface area (Å²) in [6.45, 7) is 7.73. The third-order valence-electron chi connectivity index (χ3n) is 1.32. The monoisotopic (exact) mass is 236 g/mol. The lowest BCUT2D eigenvalue weighted by molar-refractivity contribution is -0.208. The van der Waals surface area contributed by atoms with Crippen LogP contribution in [0.3, 0.4) is 0 Å². The quantitative estimate of drug-likeness (QED) is 0.558.